The normalized spacial score (nSPS) is 19.7. The van der Waals surface area contributed by atoms with Gasteiger partial charge >= 0.3 is 17.9 Å². The van der Waals surface area contributed by atoms with Gasteiger partial charge in [-0.2, -0.15) is 0 Å². The molecule has 0 fully saturated rings. The second-order valence-corrected chi connectivity index (χ2v) is 7.80. The molecule has 0 bridgehead atoms. The summed E-state index contributed by atoms with van der Waals surface area (Å²) < 4.78 is 20.9. The fourth-order valence-electron chi connectivity index (χ4n) is 3.97. The second kappa shape index (κ2) is 8.65. The number of carbonyl (C=O) groups excluding carboxylic acids is 4. The molecule has 170 valence electrons. The molecule has 0 saturated heterocycles. The van der Waals surface area contributed by atoms with Crippen molar-refractivity contribution in [2.24, 2.45) is 5.73 Å². The van der Waals surface area contributed by atoms with Crippen molar-refractivity contribution in [3.8, 4) is 0 Å². The van der Waals surface area contributed by atoms with E-state index in [1.807, 2.05) is 0 Å². The maximum atomic E-state index is 13.8. The number of benzene rings is 1. The van der Waals surface area contributed by atoms with Gasteiger partial charge in [0.15, 0.2) is 0 Å². The Morgan fingerprint density at radius 3 is 2.44 bits per heavy atom. The molecule has 1 spiro atoms. The van der Waals surface area contributed by atoms with Crippen LogP contribution in [0.5, 0.6) is 0 Å². The van der Waals surface area contributed by atoms with Crippen LogP contribution in [0.3, 0.4) is 0 Å². The van der Waals surface area contributed by atoms with Crippen LogP contribution < -0.4 is 10.6 Å². The summed E-state index contributed by atoms with van der Waals surface area (Å²) in [6, 6.07) is 4.94. The summed E-state index contributed by atoms with van der Waals surface area (Å²) in [6.07, 6.45) is -0.528. The van der Waals surface area contributed by atoms with Gasteiger partial charge in [-0.1, -0.05) is 15.9 Å². The van der Waals surface area contributed by atoms with E-state index in [1.54, 1.807) is 25.1 Å². The van der Waals surface area contributed by atoms with Crippen molar-refractivity contribution in [3.05, 3.63) is 51.0 Å². The van der Waals surface area contributed by atoms with E-state index in [9.17, 15) is 19.2 Å². The second-order valence-electron chi connectivity index (χ2n) is 6.88. The summed E-state index contributed by atoms with van der Waals surface area (Å²) >= 11 is 3.37. The van der Waals surface area contributed by atoms with E-state index >= 15 is 0 Å². The maximum Gasteiger partial charge on any atom is 0.341 e. The topological polar surface area (TPSA) is 134 Å². The van der Waals surface area contributed by atoms with E-state index in [0.29, 0.717) is 10.2 Å². The standard InChI is InChI=1S/C21H21BrN2O8/c1-5-31-19(27)16-17(23)32-13(9-14(25)29-3)15(18(26)30-4)21(16)11-8-10(22)6-7-12(11)24(2)20(21)28/h6-8H,5,9,23H2,1-4H3. The monoisotopic (exact) mass is 508 g/mol. The molecule has 2 aliphatic rings. The van der Waals surface area contributed by atoms with E-state index in [-0.39, 0.29) is 29.1 Å². The zero-order valence-electron chi connectivity index (χ0n) is 17.8. The number of fused-ring (bicyclic) bond motifs is 2. The number of nitrogens with zero attached hydrogens (tertiary/aromatic N) is 1. The highest BCUT2D eigenvalue weighted by Gasteiger charge is 2.63. The number of likely N-dealkylation sites (N-methyl/N-ethyl adjacent to an activating group) is 1. The van der Waals surface area contributed by atoms with Gasteiger partial charge in [-0.25, -0.2) is 9.59 Å². The molecule has 1 aromatic rings. The predicted molar refractivity (Wildman–Crippen MR) is 114 cm³/mol. The molecule has 10 nitrogen and oxygen atoms in total. The number of amides is 1. The Bertz CT molecular complexity index is 1090. The van der Waals surface area contributed by atoms with Gasteiger partial charge in [0.1, 0.15) is 28.7 Å². The Morgan fingerprint density at radius 1 is 1.16 bits per heavy atom. The van der Waals surface area contributed by atoms with Crippen LogP contribution in [0.4, 0.5) is 5.69 Å². The number of methoxy groups -OCH3 is 2. The van der Waals surface area contributed by atoms with Gasteiger partial charge in [0.25, 0.3) is 0 Å². The largest absolute Gasteiger partial charge is 0.469 e. The van der Waals surface area contributed by atoms with Crippen LogP contribution >= 0.6 is 15.9 Å². The first-order valence-corrected chi connectivity index (χ1v) is 10.3. The minimum atomic E-state index is -2.06. The van der Waals surface area contributed by atoms with Gasteiger partial charge in [-0.3, -0.25) is 9.59 Å². The van der Waals surface area contributed by atoms with Crippen LogP contribution in [-0.2, 0) is 43.5 Å². The molecule has 1 amide bonds. The highest BCUT2D eigenvalue weighted by Crippen LogP contribution is 2.55. The Labute approximate surface area is 192 Å². The molecular formula is C21H21BrN2O8. The Kier molecular flexibility index (Phi) is 6.31. The number of rotatable bonds is 5. The first-order chi connectivity index (χ1) is 15.1. The lowest BCUT2D eigenvalue weighted by Gasteiger charge is -2.36. The van der Waals surface area contributed by atoms with Crippen LogP contribution in [-0.4, -0.2) is 51.7 Å². The summed E-state index contributed by atoms with van der Waals surface area (Å²) in [6.45, 7) is 1.56. The number of esters is 3. The average Bonchev–Trinajstić information content (AvgIpc) is 2.95. The molecule has 2 aliphatic heterocycles. The molecule has 3 rings (SSSR count). The molecule has 0 aromatic heterocycles. The van der Waals surface area contributed by atoms with Crippen molar-refractivity contribution >= 4 is 45.4 Å². The molecular weight excluding hydrogens is 488 g/mol. The number of carbonyl (C=O) groups is 4. The van der Waals surface area contributed by atoms with E-state index in [4.69, 9.17) is 24.7 Å². The Hall–Kier alpha value is -3.34. The molecule has 1 aromatic carbocycles. The van der Waals surface area contributed by atoms with Gasteiger partial charge in [-0.05, 0) is 25.1 Å². The SMILES string of the molecule is CCOC(=O)C1=C(N)OC(CC(=O)OC)=C(C(=O)OC)C12C(=O)N(C)c1ccc(Br)cc12. The average molecular weight is 509 g/mol. The van der Waals surface area contributed by atoms with Crippen LogP contribution in [0.2, 0.25) is 0 Å². The molecule has 11 heteroatoms. The van der Waals surface area contributed by atoms with Gasteiger partial charge in [-0.15, -0.1) is 0 Å². The third-order valence-electron chi connectivity index (χ3n) is 5.26. The molecule has 0 saturated carbocycles. The first-order valence-electron chi connectivity index (χ1n) is 9.47. The molecule has 0 radical (unpaired) electrons. The number of ether oxygens (including phenoxy) is 4. The minimum Gasteiger partial charge on any atom is -0.469 e. The van der Waals surface area contributed by atoms with Gasteiger partial charge in [0.05, 0.1) is 20.8 Å². The fraction of sp³-hybridized carbons (Fsp3) is 0.333. The lowest BCUT2D eigenvalue weighted by Crippen LogP contribution is -2.50. The van der Waals surface area contributed by atoms with E-state index in [0.717, 1.165) is 14.2 Å². The molecule has 1 unspecified atom stereocenters. The lowest BCUT2D eigenvalue weighted by molar-refractivity contribution is -0.142. The van der Waals surface area contributed by atoms with Crippen molar-refractivity contribution in [2.75, 3.05) is 32.8 Å². The van der Waals surface area contributed by atoms with Crippen LogP contribution in [0, 0.1) is 0 Å². The Balaban J connectivity index is 2.49. The predicted octanol–water partition coefficient (Wildman–Crippen LogP) is 1.42. The Morgan fingerprint density at radius 2 is 1.84 bits per heavy atom. The van der Waals surface area contributed by atoms with Crippen LogP contribution in [0.25, 0.3) is 0 Å². The number of hydrogen-bond acceptors (Lipinski definition) is 9. The minimum absolute atomic E-state index is 0.0205. The van der Waals surface area contributed by atoms with Crippen molar-refractivity contribution in [3.63, 3.8) is 0 Å². The third-order valence-corrected chi connectivity index (χ3v) is 5.75. The molecule has 32 heavy (non-hydrogen) atoms. The third kappa shape index (κ3) is 3.32. The quantitative estimate of drug-likeness (QED) is 0.462. The van der Waals surface area contributed by atoms with E-state index in [1.165, 1.54) is 11.9 Å². The summed E-state index contributed by atoms with van der Waals surface area (Å²) in [5.74, 6) is -4.07. The summed E-state index contributed by atoms with van der Waals surface area (Å²) in [5, 5.41) is 0. The van der Waals surface area contributed by atoms with Crippen molar-refractivity contribution in [1.29, 1.82) is 0 Å². The van der Waals surface area contributed by atoms with Crippen molar-refractivity contribution < 1.29 is 38.1 Å². The number of halogens is 1. The highest BCUT2D eigenvalue weighted by atomic mass is 79.9. The van der Waals surface area contributed by atoms with Gasteiger partial charge in [0, 0.05) is 22.8 Å². The fourth-order valence-corrected chi connectivity index (χ4v) is 4.33. The lowest BCUT2D eigenvalue weighted by atomic mass is 9.67. The molecule has 1 atom stereocenters. The first kappa shape index (κ1) is 23.3. The van der Waals surface area contributed by atoms with Gasteiger partial charge < -0.3 is 29.6 Å². The smallest absolute Gasteiger partial charge is 0.341 e. The van der Waals surface area contributed by atoms with E-state index < -0.39 is 41.5 Å². The van der Waals surface area contributed by atoms with Crippen molar-refractivity contribution in [1.82, 2.24) is 0 Å². The zero-order valence-corrected chi connectivity index (χ0v) is 19.4. The summed E-state index contributed by atoms with van der Waals surface area (Å²) in [7, 11) is 3.76. The molecule has 2 N–H and O–H groups in total. The van der Waals surface area contributed by atoms with E-state index in [2.05, 4.69) is 15.9 Å². The molecule has 2 heterocycles. The van der Waals surface area contributed by atoms with Gasteiger partial charge in [0.2, 0.25) is 11.8 Å². The summed E-state index contributed by atoms with van der Waals surface area (Å²) in [5.41, 5.74) is 4.03. The maximum absolute atomic E-state index is 13.8. The number of nitrogens with two attached hydrogens (primary N) is 1. The van der Waals surface area contributed by atoms with Crippen LogP contribution in [0.1, 0.15) is 18.9 Å². The summed E-state index contributed by atoms with van der Waals surface area (Å²) in [4.78, 5) is 53.4. The number of anilines is 1. The highest BCUT2D eigenvalue weighted by molar-refractivity contribution is 9.10. The van der Waals surface area contributed by atoms with Crippen molar-refractivity contribution in [2.45, 2.75) is 18.8 Å². The van der Waals surface area contributed by atoms with Crippen LogP contribution in [0.15, 0.2) is 45.5 Å². The zero-order chi connectivity index (χ0) is 23.8. The molecule has 0 aliphatic carbocycles. The number of hydrogen-bond donors (Lipinski definition) is 1.